The highest BCUT2D eigenvalue weighted by Crippen LogP contribution is 2.20. The maximum atomic E-state index is 12.7. The first-order valence-electron chi connectivity index (χ1n) is 10.3. The predicted octanol–water partition coefficient (Wildman–Crippen LogP) is 2.13. The maximum absolute atomic E-state index is 12.7. The van der Waals surface area contributed by atoms with E-state index in [9.17, 15) is 14.4 Å². The van der Waals surface area contributed by atoms with Crippen LogP contribution in [0.2, 0.25) is 0 Å². The van der Waals surface area contributed by atoms with Crippen LogP contribution in [0.1, 0.15) is 36.9 Å². The Morgan fingerprint density at radius 3 is 2.94 bits per heavy atom. The Balaban J connectivity index is 1.36. The average Bonchev–Trinajstić information content (AvgIpc) is 3.52. The zero-order chi connectivity index (χ0) is 22.5. The van der Waals surface area contributed by atoms with Gasteiger partial charge in [-0.05, 0) is 49.1 Å². The molecule has 4 amide bonds. The Kier molecular flexibility index (Phi) is 6.74. The lowest BCUT2D eigenvalue weighted by molar-refractivity contribution is -0.128. The second-order valence-electron chi connectivity index (χ2n) is 7.43. The molecule has 0 bridgehead atoms. The van der Waals surface area contributed by atoms with Crippen LogP contribution in [0.5, 0.6) is 0 Å². The smallest absolute Gasteiger partial charge is 0.325 e. The van der Waals surface area contributed by atoms with Crippen molar-refractivity contribution in [2.45, 2.75) is 37.9 Å². The zero-order valence-corrected chi connectivity index (χ0v) is 18.4. The third kappa shape index (κ3) is 4.77. The monoisotopic (exact) mass is 456 g/mol. The molecule has 1 aliphatic heterocycles. The van der Waals surface area contributed by atoms with Gasteiger partial charge in [0.05, 0.1) is 18.8 Å². The van der Waals surface area contributed by atoms with Crippen molar-refractivity contribution in [3.05, 3.63) is 54.4 Å². The number of hydrogen-bond acceptors (Lipinski definition) is 7. The molecule has 3 aromatic heterocycles. The molecule has 0 saturated carbocycles. The summed E-state index contributed by atoms with van der Waals surface area (Å²) < 4.78 is 7.07. The number of rotatable bonds is 10. The molecule has 0 aromatic carbocycles. The number of carbonyl (C=O) groups excluding carboxylic acids is 3. The van der Waals surface area contributed by atoms with Crippen molar-refractivity contribution in [1.29, 1.82) is 0 Å². The molecule has 2 N–H and O–H groups in total. The summed E-state index contributed by atoms with van der Waals surface area (Å²) in [5, 5.41) is 14.1. The van der Waals surface area contributed by atoms with Crippen molar-refractivity contribution in [2.24, 2.45) is 0 Å². The Bertz CT molecular complexity index is 1100. The van der Waals surface area contributed by atoms with Crippen LogP contribution in [0.4, 0.5) is 4.79 Å². The van der Waals surface area contributed by atoms with Gasteiger partial charge in [0, 0.05) is 12.6 Å². The lowest BCUT2D eigenvalue weighted by Gasteiger charge is -2.17. The maximum Gasteiger partial charge on any atom is 0.325 e. The van der Waals surface area contributed by atoms with Crippen molar-refractivity contribution in [2.75, 3.05) is 12.0 Å². The molecule has 2 atom stereocenters. The molecule has 1 aliphatic rings. The summed E-state index contributed by atoms with van der Waals surface area (Å²) in [6.07, 6.45) is 6.35. The van der Waals surface area contributed by atoms with Gasteiger partial charge < -0.3 is 15.1 Å². The molecule has 0 unspecified atom stereocenters. The number of amides is 4. The van der Waals surface area contributed by atoms with Gasteiger partial charge in [-0.1, -0.05) is 6.07 Å². The summed E-state index contributed by atoms with van der Waals surface area (Å²) in [5.74, 6) is 1.45. The van der Waals surface area contributed by atoms with E-state index in [1.165, 1.54) is 6.26 Å². The lowest BCUT2D eigenvalue weighted by atomic mass is 10.1. The Morgan fingerprint density at radius 1 is 1.28 bits per heavy atom. The predicted molar refractivity (Wildman–Crippen MR) is 118 cm³/mol. The lowest BCUT2D eigenvalue weighted by Crippen LogP contribution is -2.34. The average molecular weight is 457 g/mol. The van der Waals surface area contributed by atoms with Gasteiger partial charge in [0.15, 0.2) is 11.5 Å². The minimum absolute atomic E-state index is 0.0665. The molecular formula is C21H24N6O4S. The van der Waals surface area contributed by atoms with E-state index in [1.807, 2.05) is 35.1 Å². The molecule has 3 aromatic rings. The van der Waals surface area contributed by atoms with E-state index in [4.69, 9.17) is 4.42 Å². The molecule has 10 nitrogen and oxygen atoms in total. The van der Waals surface area contributed by atoms with Crippen LogP contribution in [0.25, 0.3) is 5.65 Å². The minimum atomic E-state index is -0.734. The van der Waals surface area contributed by atoms with Gasteiger partial charge in [0.2, 0.25) is 5.91 Å². The first-order chi connectivity index (χ1) is 15.6. The summed E-state index contributed by atoms with van der Waals surface area (Å²) in [6, 6.07) is 7.49. The first-order valence-corrected chi connectivity index (χ1v) is 11.7. The molecule has 4 rings (SSSR count). The molecular weight excluding hydrogens is 432 g/mol. The Hall–Kier alpha value is -3.34. The van der Waals surface area contributed by atoms with Gasteiger partial charge in [-0.15, -0.1) is 10.2 Å². The van der Waals surface area contributed by atoms with E-state index in [1.54, 1.807) is 23.9 Å². The molecule has 168 valence electrons. The van der Waals surface area contributed by atoms with E-state index in [2.05, 4.69) is 20.8 Å². The minimum Gasteiger partial charge on any atom is -0.467 e. The number of nitrogens with zero attached hydrogens (tertiary/aromatic N) is 4. The SMILES string of the molecule is CSCC[C@@H](NC(=O)CC[C@@H]1NC(=O)N(Cc2ccco2)C1=O)c1nnc2ccccn12. The Labute approximate surface area is 188 Å². The van der Waals surface area contributed by atoms with Crippen LogP contribution in [0, 0.1) is 0 Å². The van der Waals surface area contributed by atoms with Crippen LogP contribution >= 0.6 is 11.8 Å². The number of aromatic nitrogens is 3. The number of imide groups is 1. The highest BCUT2D eigenvalue weighted by atomic mass is 32.2. The number of thioether (sulfide) groups is 1. The second kappa shape index (κ2) is 9.86. The summed E-state index contributed by atoms with van der Waals surface area (Å²) in [4.78, 5) is 38.6. The largest absolute Gasteiger partial charge is 0.467 e. The summed E-state index contributed by atoms with van der Waals surface area (Å²) in [7, 11) is 0. The number of nitrogens with one attached hydrogen (secondary N) is 2. The number of furan rings is 1. The normalized spacial score (nSPS) is 17.0. The van der Waals surface area contributed by atoms with E-state index >= 15 is 0 Å². The van der Waals surface area contributed by atoms with Crippen LogP contribution in [0.3, 0.4) is 0 Å². The molecule has 32 heavy (non-hydrogen) atoms. The summed E-state index contributed by atoms with van der Waals surface area (Å²) >= 11 is 1.68. The highest BCUT2D eigenvalue weighted by Gasteiger charge is 2.38. The summed E-state index contributed by atoms with van der Waals surface area (Å²) in [6.45, 7) is 0.0665. The van der Waals surface area contributed by atoms with Gasteiger partial charge in [-0.3, -0.25) is 18.9 Å². The molecule has 4 heterocycles. The topological polar surface area (TPSA) is 122 Å². The fraction of sp³-hybridized carbons (Fsp3) is 0.381. The molecule has 1 saturated heterocycles. The van der Waals surface area contributed by atoms with Gasteiger partial charge in [0.25, 0.3) is 5.91 Å². The van der Waals surface area contributed by atoms with Crippen LogP contribution in [-0.4, -0.2) is 55.4 Å². The van der Waals surface area contributed by atoms with Crippen LogP contribution in [0.15, 0.2) is 47.2 Å². The van der Waals surface area contributed by atoms with E-state index in [0.29, 0.717) is 23.7 Å². The fourth-order valence-electron chi connectivity index (χ4n) is 3.62. The van der Waals surface area contributed by atoms with Gasteiger partial charge in [-0.2, -0.15) is 11.8 Å². The zero-order valence-electron chi connectivity index (χ0n) is 17.6. The van der Waals surface area contributed by atoms with E-state index in [0.717, 1.165) is 10.7 Å². The Morgan fingerprint density at radius 2 is 2.16 bits per heavy atom. The standard InChI is InChI=1S/C21H24N6O4S/c1-32-12-9-15(19-25-24-17-6-2-3-10-26(17)19)22-18(28)8-7-16-20(29)27(21(30)23-16)13-14-5-4-11-31-14/h2-6,10-11,15-16H,7-9,12-13H2,1H3,(H,22,28)(H,23,30)/t15-,16+/m1/s1. The van der Waals surface area contributed by atoms with Crippen LogP contribution < -0.4 is 10.6 Å². The fourth-order valence-corrected chi connectivity index (χ4v) is 4.09. The van der Waals surface area contributed by atoms with Crippen molar-refractivity contribution in [3.63, 3.8) is 0 Å². The number of carbonyl (C=O) groups is 3. The van der Waals surface area contributed by atoms with Crippen molar-refractivity contribution in [3.8, 4) is 0 Å². The van der Waals surface area contributed by atoms with E-state index in [-0.39, 0.29) is 37.2 Å². The highest BCUT2D eigenvalue weighted by molar-refractivity contribution is 7.98. The second-order valence-corrected chi connectivity index (χ2v) is 8.42. The van der Waals surface area contributed by atoms with Crippen molar-refractivity contribution in [1.82, 2.24) is 30.1 Å². The number of fused-ring (bicyclic) bond motifs is 1. The van der Waals surface area contributed by atoms with Crippen molar-refractivity contribution < 1.29 is 18.8 Å². The van der Waals surface area contributed by atoms with Gasteiger partial charge in [-0.25, -0.2) is 4.79 Å². The first kappa shape index (κ1) is 21.9. The van der Waals surface area contributed by atoms with Crippen LogP contribution in [-0.2, 0) is 16.1 Å². The van der Waals surface area contributed by atoms with Gasteiger partial charge in [0.1, 0.15) is 11.8 Å². The number of pyridine rings is 1. The van der Waals surface area contributed by atoms with Gasteiger partial charge >= 0.3 is 6.03 Å². The molecule has 1 fully saturated rings. The summed E-state index contributed by atoms with van der Waals surface area (Å²) in [5.41, 5.74) is 0.710. The molecule has 0 aliphatic carbocycles. The molecule has 11 heteroatoms. The quantitative estimate of drug-likeness (QED) is 0.448. The number of hydrogen-bond donors (Lipinski definition) is 2. The number of urea groups is 1. The molecule has 0 radical (unpaired) electrons. The molecule has 0 spiro atoms. The van der Waals surface area contributed by atoms with Crippen molar-refractivity contribution >= 4 is 35.3 Å². The third-order valence-electron chi connectivity index (χ3n) is 5.26. The van der Waals surface area contributed by atoms with E-state index < -0.39 is 12.1 Å². The third-order valence-corrected chi connectivity index (χ3v) is 5.90.